The fourth-order valence-corrected chi connectivity index (χ4v) is 3.33. The van der Waals surface area contributed by atoms with E-state index in [2.05, 4.69) is 66.5 Å². The first-order valence-electron chi connectivity index (χ1n) is 8.40. The third-order valence-electron chi connectivity index (χ3n) is 4.64. The second-order valence-electron chi connectivity index (χ2n) is 6.65. The second-order valence-corrected chi connectivity index (χ2v) is 6.65. The fourth-order valence-electron chi connectivity index (χ4n) is 3.33. The number of anilines is 1. The first kappa shape index (κ1) is 16.0. The van der Waals surface area contributed by atoms with Crippen molar-refractivity contribution in [2.24, 2.45) is 0 Å². The van der Waals surface area contributed by atoms with Crippen LogP contribution in [0.3, 0.4) is 0 Å². The lowest BCUT2D eigenvalue weighted by Crippen LogP contribution is -2.49. The zero-order chi connectivity index (χ0) is 16.2. The normalized spacial score (nSPS) is 22.0. The molecule has 2 N–H and O–H groups in total. The van der Waals surface area contributed by atoms with Gasteiger partial charge >= 0.3 is 0 Å². The Hall–Kier alpha value is -1.84. The van der Waals surface area contributed by atoms with E-state index in [1.165, 1.54) is 16.7 Å². The summed E-state index contributed by atoms with van der Waals surface area (Å²) in [5.41, 5.74) is 4.95. The molecule has 0 saturated carbocycles. The quantitative estimate of drug-likeness (QED) is 0.909. The maximum absolute atomic E-state index is 10.5. The minimum absolute atomic E-state index is 0.128. The van der Waals surface area contributed by atoms with Crippen LogP contribution in [0.5, 0.6) is 0 Å². The summed E-state index contributed by atoms with van der Waals surface area (Å²) in [4.78, 5) is 2.33. The summed E-state index contributed by atoms with van der Waals surface area (Å²) in [7, 11) is 0. The van der Waals surface area contributed by atoms with Gasteiger partial charge in [-0.05, 0) is 37.5 Å². The number of aliphatic hydroxyl groups excluding tert-OH is 1. The first-order valence-corrected chi connectivity index (χ1v) is 8.40. The highest BCUT2D eigenvalue weighted by molar-refractivity contribution is 5.52. The molecule has 0 aromatic heterocycles. The molecule has 1 saturated heterocycles. The maximum atomic E-state index is 10.5. The molecule has 0 bridgehead atoms. The summed E-state index contributed by atoms with van der Waals surface area (Å²) >= 11 is 0. The first-order chi connectivity index (χ1) is 11.1. The van der Waals surface area contributed by atoms with E-state index in [4.69, 9.17) is 0 Å². The van der Waals surface area contributed by atoms with Crippen molar-refractivity contribution in [2.45, 2.75) is 39.0 Å². The highest BCUT2D eigenvalue weighted by Gasteiger charge is 2.27. The molecule has 0 radical (unpaired) electrons. The molecule has 3 heteroatoms. The molecule has 2 aromatic carbocycles. The predicted octanol–water partition coefficient (Wildman–Crippen LogP) is 3.35. The molecule has 2 atom stereocenters. The van der Waals surface area contributed by atoms with Crippen LogP contribution >= 0.6 is 0 Å². The number of aryl methyl sites for hydroxylation is 2. The molecular weight excluding hydrogens is 284 g/mol. The average Bonchev–Trinajstić information content (AvgIpc) is 2.53. The van der Waals surface area contributed by atoms with Gasteiger partial charge in [-0.1, -0.05) is 48.0 Å². The Morgan fingerprint density at radius 3 is 2.61 bits per heavy atom. The van der Waals surface area contributed by atoms with Crippen molar-refractivity contribution in [3.8, 4) is 0 Å². The van der Waals surface area contributed by atoms with Gasteiger partial charge in [0.25, 0.3) is 0 Å². The predicted molar refractivity (Wildman–Crippen MR) is 95.7 cm³/mol. The molecule has 1 aliphatic rings. The SMILES string of the molecule is Cc1ccc(N[C@H]2CCN(Cc3ccccc3)C[C@@H]2O)c(C)c1. The average molecular weight is 310 g/mol. The van der Waals surface area contributed by atoms with Gasteiger partial charge in [-0.2, -0.15) is 0 Å². The molecule has 3 nitrogen and oxygen atoms in total. The number of hydrogen-bond acceptors (Lipinski definition) is 3. The molecule has 0 unspecified atom stereocenters. The van der Waals surface area contributed by atoms with Gasteiger partial charge in [-0.3, -0.25) is 4.90 Å². The van der Waals surface area contributed by atoms with E-state index >= 15 is 0 Å². The number of nitrogens with one attached hydrogen (secondary N) is 1. The number of nitrogens with zero attached hydrogens (tertiary/aromatic N) is 1. The van der Waals surface area contributed by atoms with Crippen LogP contribution in [-0.4, -0.2) is 35.2 Å². The van der Waals surface area contributed by atoms with E-state index in [1.807, 2.05) is 6.07 Å². The van der Waals surface area contributed by atoms with Crippen LogP contribution in [0.15, 0.2) is 48.5 Å². The van der Waals surface area contributed by atoms with Crippen LogP contribution in [0.25, 0.3) is 0 Å². The summed E-state index contributed by atoms with van der Waals surface area (Å²) in [5, 5.41) is 14.1. The van der Waals surface area contributed by atoms with Crippen LogP contribution < -0.4 is 5.32 Å². The Kier molecular flexibility index (Phi) is 4.99. The topological polar surface area (TPSA) is 35.5 Å². The zero-order valence-corrected chi connectivity index (χ0v) is 14.0. The molecule has 1 fully saturated rings. The van der Waals surface area contributed by atoms with Crippen LogP contribution in [-0.2, 0) is 6.54 Å². The number of hydrogen-bond donors (Lipinski definition) is 2. The van der Waals surface area contributed by atoms with Crippen LogP contribution in [0.2, 0.25) is 0 Å². The van der Waals surface area contributed by atoms with E-state index in [9.17, 15) is 5.11 Å². The van der Waals surface area contributed by atoms with Gasteiger partial charge in [0, 0.05) is 25.3 Å². The van der Waals surface area contributed by atoms with Crippen molar-refractivity contribution < 1.29 is 5.11 Å². The van der Waals surface area contributed by atoms with Gasteiger partial charge in [0.05, 0.1) is 12.1 Å². The van der Waals surface area contributed by atoms with Crippen molar-refractivity contribution >= 4 is 5.69 Å². The highest BCUT2D eigenvalue weighted by atomic mass is 16.3. The summed E-state index contributed by atoms with van der Waals surface area (Å²) in [5.74, 6) is 0. The van der Waals surface area contributed by atoms with Gasteiger partial charge in [-0.25, -0.2) is 0 Å². The smallest absolute Gasteiger partial charge is 0.0868 e. The highest BCUT2D eigenvalue weighted by Crippen LogP contribution is 2.22. The third-order valence-corrected chi connectivity index (χ3v) is 4.64. The number of β-amino-alcohol motifs (C(OH)–C–C–N with tert-alkyl or cyclic N) is 1. The Morgan fingerprint density at radius 1 is 1.13 bits per heavy atom. The molecule has 3 rings (SSSR count). The summed E-state index contributed by atoms with van der Waals surface area (Å²) in [6.45, 7) is 6.86. The monoisotopic (exact) mass is 310 g/mol. The molecule has 0 amide bonds. The van der Waals surface area contributed by atoms with Gasteiger partial charge in [-0.15, -0.1) is 0 Å². The molecule has 2 aromatic rings. The number of aliphatic hydroxyl groups is 1. The van der Waals surface area contributed by atoms with E-state index in [0.717, 1.165) is 31.7 Å². The number of piperidine rings is 1. The van der Waals surface area contributed by atoms with Crippen molar-refractivity contribution in [1.29, 1.82) is 0 Å². The van der Waals surface area contributed by atoms with Crippen LogP contribution in [0, 0.1) is 13.8 Å². The van der Waals surface area contributed by atoms with Crippen molar-refractivity contribution in [3.63, 3.8) is 0 Å². The van der Waals surface area contributed by atoms with Crippen LogP contribution in [0.1, 0.15) is 23.1 Å². The van der Waals surface area contributed by atoms with Gasteiger partial charge in [0.1, 0.15) is 0 Å². The number of likely N-dealkylation sites (tertiary alicyclic amines) is 1. The molecule has 23 heavy (non-hydrogen) atoms. The maximum Gasteiger partial charge on any atom is 0.0868 e. The largest absolute Gasteiger partial charge is 0.390 e. The second kappa shape index (κ2) is 7.16. The summed E-state index contributed by atoms with van der Waals surface area (Å²) in [6, 6.07) is 17.0. The Labute approximate surface area is 139 Å². The molecule has 1 heterocycles. The Bertz CT molecular complexity index is 641. The standard InChI is InChI=1S/C20H26N2O/c1-15-8-9-18(16(2)12-15)21-19-10-11-22(14-20(19)23)13-17-6-4-3-5-7-17/h3-9,12,19-21,23H,10-11,13-14H2,1-2H3/t19-,20-/m0/s1. The molecule has 0 aliphatic carbocycles. The number of rotatable bonds is 4. The van der Waals surface area contributed by atoms with Crippen molar-refractivity contribution in [3.05, 3.63) is 65.2 Å². The summed E-state index contributed by atoms with van der Waals surface area (Å²) in [6.07, 6.45) is 0.620. The Balaban J connectivity index is 1.58. The van der Waals surface area contributed by atoms with Gasteiger partial charge in [0.15, 0.2) is 0 Å². The van der Waals surface area contributed by atoms with Gasteiger partial charge < -0.3 is 10.4 Å². The molecular formula is C20H26N2O. The van der Waals surface area contributed by atoms with Crippen molar-refractivity contribution in [2.75, 3.05) is 18.4 Å². The van der Waals surface area contributed by atoms with Crippen molar-refractivity contribution in [1.82, 2.24) is 4.90 Å². The molecule has 122 valence electrons. The lowest BCUT2D eigenvalue weighted by Gasteiger charge is -2.37. The number of benzene rings is 2. The molecule has 0 spiro atoms. The van der Waals surface area contributed by atoms with Gasteiger partial charge in [0.2, 0.25) is 0 Å². The van der Waals surface area contributed by atoms with E-state index < -0.39 is 0 Å². The summed E-state index contributed by atoms with van der Waals surface area (Å²) < 4.78 is 0. The van der Waals surface area contributed by atoms with E-state index in [1.54, 1.807) is 0 Å². The minimum atomic E-state index is -0.340. The zero-order valence-electron chi connectivity index (χ0n) is 14.0. The Morgan fingerprint density at radius 2 is 1.91 bits per heavy atom. The minimum Gasteiger partial charge on any atom is -0.390 e. The lowest BCUT2D eigenvalue weighted by molar-refractivity contribution is 0.0561. The van der Waals surface area contributed by atoms with Crippen LogP contribution in [0.4, 0.5) is 5.69 Å². The lowest BCUT2D eigenvalue weighted by atomic mass is 10.00. The molecule has 1 aliphatic heterocycles. The fraction of sp³-hybridized carbons (Fsp3) is 0.400. The van der Waals surface area contributed by atoms with E-state index in [0.29, 0.717) is 0 Å². The van der Waals surface area contributed by atoms with E-state index in [-0.39, 0.29) is 12.1 Å². The third kappa shape index (κ3) is 4.12.